The largest absolute Gasteiger partial charge is 0.0716 e. The Morgan fingerprint density at radius 3 is 2.08 bits per heavy atom. The maximum Gasteiger partial charge on any atom is 0.0716 e. The van der Waals surface area contributed by atoms with Crippen LogP contribution in [0.3, 0.4) is 0 Å². The molecule has 0 aliphatic carbocycles. The SMILES string of the molecule is Cc1cccc([Si])c1C(C)(C)C. The lowest BCUT2D eigenvalue weighted by Crippen LogP contribution is -2.24. The Labute approximate surface area is 78.4 Å². The third kappa shape index (κ3) is 1.78. The van der Waals surface area contributed by atoms with Crippen LogP contribution in [0.5, 0.6) is 0 Å². The van der Waals surface area contributed by atoms with Gasteiger partial charge in [0.2, 0.25) is 0 Å². The molecular formula is C11H15Si. The molecule has 0 heterocycles. The van der Waals surface area contributed by atoms with E-state index in [4.69, 9.17) is 0 Å². The second kappa shape index (κ2) is 3.06. The summed E-state index contributed by atoms with van der Waals surface area (Å²) in [5.41, 5.74) is 2.99. The molecule has 1 rings (SSSR count). The number of benzene rings is 1. The van der Waals surface area contributed by atoms with Crippen LogP contribution in [0.15, 0.2) is 18.2 Å². The van der Waals surface area contributed by atoms with Crippen LogP contribution in [-0.2, 0) is 5.41 Å². The molecule has 0 unspecified atom stereocenters. The van der Waals surface area contributed by atoms with Crippen molar-refractivity contribution in [1.29, 1.82) is 0 Å². The molecule has 0 amide bonds. The molecule has 1 aromatic rings. The van der Waals surface area contributed by atoms with Crippen LogP contribution in [0.2, 0.25) is 0 Å². The summed E-state index contributed by atoms with van der Waals surface area (Å²) in [5, 5.41) is 1.21. The van der Waals surface area contributed by atoms with Gasteiger partial charge in [-0.1, -0.05) is 44.2 Å². The highest BCUT2D eigenvalue weighted by molar-refractivity contribution is 6.33. The van der Waals surface area contributed by atoms with Crippen molar-refractivity contribution >= 4 is 15.4 Å². The Balaban J connectivity index is 3.31. The van der Waals surface area contributed by atoms with E-state index in [0.29, 0.717) is 0 Å². The molecule has 0 atom stereocenters. The van der Waals surface area contributed by atoms with Gasteiger partial charge in [0.25, 0.3) is 0 Å². The molecule has 0 bridgehead atoms. The number of aryl methyl sites for hydroxylation is 1. The van der Waals surface area contributed by atoms with Gasteiger partial charge in [-0.2, -0.15) is 0 Å². The number of hydrogen-bond acceptors (Lipinski definition) is 0. The summed E-state index contributed by atoms with van der Waals surface area (Å²) in [7, 11) is 3.63. The normalized spacial score (nSPS) is 11.8. The first-order valence-electron chi connectivity index (χ1n) is 4.24. The number of rotatable bonds is 0. The molecule has 12 heavy (non-hydrogen) atoms. The smallest absolute Gasteiger partial charge is 0.0635 e. The lowest BCUT2D eigenvalue weighted by atomic mass is 9.84. The van der Waals surface area contributed by atoms with E-state index in [1.807, 2.05) is 0 Å². The van der Waals surface area contributed by atoms with Crippen LogP contribution in [-0.4, -0.2) is 10.2 Å². The first kappa shape index (κ1) is 9.52. The molecular weight excluding hydrogens is 160 g/mol. The van der Waals surface area contributed by atoms with E-state index in [2.05, 4.69) is 56.1 Å². The Morgan fingerprint density at radius 2 is 1.75 bits per heavy atom. The van der Waals surface area contributed by atoms with Gasteiger partial charge in [-0.15, -0.1) is 0 Å². The summed E-state index contributed by atoms with van der Waals surface area (Å²) in [6.07, 6.45) is 0. The first-order chi connectivity index (χ1) is 5.43. The molecule has 0 aliphatic heterocycles. The highest BCUT2D eigenvalue weighted by Gasteiger charge is 2.17. The van der Waals surface area contributed by atoms with E-state index >= 15 is 0 Å². The van der Waals surface area contributed by atoms with E-state index in [1.54, 1.807) is 0 Å². The van der Waals surface area contributed by atoms with Crippen molar-refractivity contribution in [1.82, 2.24) is 0 Å². The Hall–Kier alpha value is -0.563. The maximum atomic E-state index is 3.63. The Morgan fingerprint density at radius 1 is 1.17 bits per heavy atom. The van der Waals surface area contributed by atoms with Gasteiger partial charge >= 0.3 is 0 Å². The molecule has 0 aliphatic rings. The van der Waals surface area contributed by atoms with Crippen molar-refractivity contribution in [3.05, 3.63) is 29.3 Å². The quantitative estimate of drug-likeness (QED) is 0.530. The van der Waals surface area contributed by atoms with Gasteiger partial charge < -0.3 is 0 Å². The van der Waals surface area contributed by atoms with E-state index in [0.717, 1.165) is 0 Å². The highest BCUT2D eigenvalue weighted by Crippen LogP contribution is 2.22. The minimum absolute atomic E-state index is 0.225. The molecule has 0 nitrogen and oxygen atoms in total. The molecule has 0 saturated heterocycles. The average Bonchev–Trinajstić information content (AvgIpc) is 1.82. The lowest BCUT2D eigenvalue weighted by Gasteiger charge is -2.24. The van der Waals surface area contributed by atoms with E-state index < -0.39 is 0 Å². The summed E-state index contributed by atoms with van der Waals surface area (Å²) in [6.45, 7) is 8.86. The highest BCUT2D eigenvalue weighted by atomic mass is 28.1. The first-order valence-corrected chi connectivity index (χ1v) is 4.74. The average molecular weight is 175 g/mol. The van der Waals surface area contributed by atoms with E-state index in [9.17, 15) is 0 Å². The van der Waals surface area contributed by atoms with Gasteiger partial charge in [-0.25, -0.2) is 0 Å². The molecule has 0 aromatic heterocycles. The Kier molecular flexibility index (Phi) is 2.43. The third-order valence-corrected chi connectivity index (χ3v) is 2.44. The van der Waals surface area contributed by atoms with Crippen LogP contribution in [0.1, 0.15) is 31.9 Å². The van der Waals surface area contributed by atoms with Crippen molar-refractivity contribution in [2.75, 3.05) is 0 Å². The van der Waals surface area contributed by atoms with Crippen molar-refractivity contribution in [2.24, 2.45) is 0 Å². The molecule has 1 aromatic carbocycles. The lowest BCUT2D eigenvalue weighted by molar-refractivity contribution is 0.590. The monoisotopic (exact) mass is 175 g/mol. The van der Waals surface area contributed by atoms with E-state index in [1.165, 1.54) is 16.3 Å². The van der Waals surface area contributed by atoms with Gasteiger partial charge in [-0.05, 0) is 23.5 Å². The zero-order chi connectivity index (χ0) is 9.35. The second-order valence-corrected chi connectivity index (χ2v) is 4.79. The number of hydrogen-bond donors (Lipinski definition) is 0. The Bertz CT molecular complexity index is 261. The van der Waals surface area contributed by atoms with Gasteiger partial charge in [0.1, 0.15) is 0 Å². The zero-order valence-corrected chi connectivity index (χ0v) is 9.23. The summed E-state index contributed by atoms with van der Waals surface area (Å²) in [6, 6.07) is 6.33. The van der Waals surface area contributed by atoms with Crippen molar-refractivity contribution in [3.63, 3.8) is 0 Å². The molecule has 0 N–H and O–H groups in total. The molecule has 1 heteroatoms. The van der Waals surface area contributed by atoms with Crippen LogP contribution in [0, 0.1) is 6.92 Å². The van der Waals surface area contributed by atoms with Crippen molar-refractivity contribution in [3.8, 4) is 0 Å². The fourth-order valence-electron chi connectivity index (χ4n) is 1.66. The molecule has 63 valence electrons. The molecule has 0 fully saturated rings. The summed E-state index contributed by atoms with van der Waals surface area (Å²) in [4.78, 5) is 0. The third-order valence-electron chi connectivity index (χ3n) is 2.02. The van der Waals surface area contributed by atoms with Crippen molar-refractivity contribution < 1.29 is 0 Å². The van der Waals surface area contributed by atoms with Crippen LogP contribution >= 0.6 is 0 Å². The van der Waals surface area contributed by atoms with Crippen LogP contribution in [0.4, 0.5) is 0 Å². The summed E-state index contributed by atoms with van der Waals surface area (Å²) in [5.74, 6) is 0. The molecule has 3 radical (unpaired) electrons. The van der Waals surface area contributed by atoms with Gasteiger partial charge in [0.15, 0.2) is 0 Å². The molecule has 0 saturated carbocycles. The van der Waals surface area contributed by atoms with Gasteiger partial charge in [0.05, 0.1) is 10.2 Å². The topological polar surface area (TPSA) is 0 Å². The maximum absolute atomic E-state index is 3.63. The summed E-state index contributed by atoms with van der Waals surface area (Å²) < 4.78 is 0. The fourth-order valence-corrected chi connectivity index (χ4v) is 2.33. The predicted molar refractivity (Wildman–Crippen MR) is 55.3 cm³/mol. The predicted octanol–water partition coefficient (Wildman–Crippen LogP) is 2.09. The standard InChI is InChI=1S/C11H15Si/c1-8-6-5-7-9(12)10(8)11(2,3)4/h5-7H,1-4H3. The minimum atomic E-state index is 0.225. The summed E-state index contributed by atoms with van der Waals surface area (Å²) >= 11 is 0. The van der Waals surface area contributed by atoms with E-state index in [-0.39, 0.29) is 5.41 Å². The minimum Gasteiger partial charge on any atom is -0.0635 e. The van der Waals surface area contributed by atoms with Gasteiger partial charge in [0, 0.05) is 0 Å². The second-order valence-electron chi connectivity index (χ2n) is 4.25. The van der Waals surface area contributed by atoms with Crippen LogP contribution < -0.4 is 5.19 Å². The fraction of sp³-hybridized carbons (Fsp3) is 0.455. The van der Waals surface area contributed by atoms with Crippen molar-refractivity contribution in [2.45, 2.75) is 33.1 Å². The van der Waals surface area contributed by atoms with Crippen LogP contribution in [0.25, 0.3) is 0 Å². The zero-order valence-electron chi connectivity index (χ0n) is 8.23. The molecule has 0 spiro atoms. The van der Waals surface area contributed by atoms with Gasteiger partial charge in [-0.3, -0.25) is 0 Å².